The van der Waals surface area contributed by atoms with Crippen LogP contribution in [0.25, 0.3) is 17.1 Å². The molecule has 2 aromatic rings. The van der Waals surface area contributed by atoms with E-state index in [9.17, 15) is 8.42 Å². The molecule has 2 rings (SSSR count). The largest absolute Gasteiger partial charge is 0.323 e. The van der Waals surface area contributed by atoms with Crippen LogP contribution in [0.4, 0.5) is 0 Å². The fourth-order valence-electron chi connectivity index (χ4n) is 1.38. The lowest BCUT2D eigenvalue weighted by molar-refractivity contribution is 0.606. The highest BCUT2D eigenvalue weighted by molar-refractivity contribution is 7.92. The maximum Gasteiger partial charge on any atom is 0.232 e. The first-order valence-electron chi connectivity index (χ1n) is 4.33. The number of hydrogen-bond acceptors (Lipinski definition) is 2. The van der Waals surface area contributed by atoms with E-state index >= 15 is 0 Å². The number of benzene rings is 1. The minimum absolute atomic E-state index is 0.942. The SMILES string of the molecule is NS(=O)(=O)C=Cn1ccc2ccccc21. The number of aromatic nitrogens is 1. The van der Waals surface area contributed by atoms with Gasteiger partial charge in [0.1, 0.15) is 0 Å². The summed E-state index contributed by atoms with van der Waals surface area (Å²) in [7, 11) is -3.57. The van der Waals surface area contributed by atoms with Gasteiger partial charge < -0.3 is 4.57 Å². The number of para-hydroxylation sites is 1. The summed E-state index contributed by atoms with van der Waals surface area (Å²) >= 11 is 0. The van der Waals surface area contributed by atoms with Crippen molar-refractivity contribution in [3.05, 3.63) is 41.9 Å². The van der Waals surface area contributed by atoms with Gasteiger partial charge in [-0.25, -0.2) is 13.6 Å². The van der Waals surface area contributed by atoms with Gasteiger partial charge in [-0.2, -0.15) is 0 Å². The maximum absolute atomic E-state index is 10.7. The molecule has 15 heavy (non-hydrogen) atoms. The Bertz CT molecular complexity index is 611. The molecule has 4 nitrogen and oxygen atoms in total. The molecule has 1 heterocycles. The highest BCUT2D eigenvalue weighted by Gasteiger charge is 1.98. The van der Waals surface area contributed by atoms with Gasteiger partial charge in [0.05, 0.1) is 10.9 Å². The normalized spacial score (nSPS) is 12.6. The van der Waals surface area contributed by atoms with E-state index in [0.717, 1.165) is 16.3 Å². The van der Waals surface area contributed by atoms with Crippen LogP contribution in [0.1, 0.15) is 0 Å². The maximum atomic E-state index is 10.7. The smallest absolute Gasteiger partial charge is 0.232 e. The summed E-state index contributed by atoms with van der Waals surface area (Å²) in [6.45, 7) is 0. The van der Waals surface area contributed by atoms with Gasteiger partial charge in [-0.05, 0) is 17.5 Å². The van der Waals surface area contributed by atoms with Crippen molar-refractivity contribution in [3.8, 4) is 0 Å². The Hall–Kier alpha value is -1.59. The third-order valence-electron chi connectivity index (χ3n) is 2.04. The zero-order valence-electron chi connectivity index (χ0n) is 7.87. The molecular weight excluding hydrogens is 212 g/mol. The van der Waals surface area contributed by atoms with Gasteiger partial charge in [-0.1, -0.05) is 18.2 Å². The lowest BCUT2D eigenvalue weighted by Gasteiger charge is -1.96. The second-order valence-electron chi connectivity index (χ2n) is 3.16. The van der Waals surface area contributed by atoms with Crippen LogP contribution in [0.15, 0.2) is 41.9 Å². The summed E-state index contributed by atoms with van der Waals surface area (Å²) in [5.41, 5.74) is 0.942. The van der Waals surface area contributed by atoms with Gasteiger partial charge in [0.2, 0.25) is 10.0 Å². The van der Waals surface area contributed by atoms with E-state index in [-0.39, 0.29) is 0 Å². The lowest BCUT2D eigenvalue weighted by Crippen LogP contribution is -2.07. The number of hydrogen-bond donors (Lipinski definition) is 1. The molecule has 0 radical (unpaired) electrons. The van der Waals surface area contributed by atoms with E-state index in [1.807, 2.05) is 30.3 Å². The minimum atomic E-state index is -3.57. The molecule has 1 aromatic heterocycles. The summed E-state index contributed by atoms with van der Waals surface area (Å²) in [4.78, 5) is 0. The first kappa shape index (κ1) is 9.95. The van der Waals surface area contributed by atoms with Crippen LogP contribution in [-0.4, -0.2) is 13.0 Å². The third kappa shape index (κ3) is 2.26. The van der Waals surface area contributed by atoms with E-state index in [1.165, 1.54) is 6.20 Å². The number of nitrogens with zero attached hydrogens (tertiary/aromatic N) is 1. The number of rotatable bonds is 2. The van der Waals surface area contributed by atoms with Crippen LogP contribution in [-0.2, 0) is 10.0 Å². The van der Waals surface area contributed by atoms with Gasteiger partial charge in [0.15, 0.2) is 0 Å². The van der Waals surface area contributed by atoms with Crippen LogP contribution in [0.2, 0.25) is 0 Å². The molecule has 0 bridgehead atoms. The quantitative estimate of drug-likeness (QED) is 0.833. The summed E-state index contributed by atoms with van der Waals surface area (Å²) in [5.74, 6) is 0. The fourth-order valence-corrected chi connectivity index (χ4v) is 1.69. The second kappa shape index (κ2) is 3.52. The summed E-state index contributed by atoms with van der Waals surface area (Å²) in [6, 6.07) is 9.59. The van der Waals surface area contributed by atoms with Gasteiger partial charge >= 0.3 is 0 Å². The molecule has 0 unspecified atom stereocenters. The summed E-state index contributed by atoms with van der Waals surface area (Å²) in [5, 5.41) is 6.89. The first-order chi connectivity index (χ1) is 7.06. The van der Waals surface area contributed by atoms with Crippen molar-refractivity contribution < 1.29 is 8.42 Å². The predicted octanol–water partition coefficient (Wildman–Crippen LogP) is 1.36. The number of fused-ring (bicyclic) bond motifs is 1. The van der Waals surface area contributed by atoms with Gasteiger partial charge in [-0.3, -0.25) is 0 Å². The zero-order valence-corrected chi connectivity index (χ0v) is 8.68. The standard InChI is InChI=1S/C10H10N2O2S/c11-15(13,14)8-7-12-6-5-9-3-1-2-4-10(9)12/h1-8H,(H2,11,13,14). The third-order valence-corrected chi connectivity index (χ3v) is 2.54. The molecule has 0 amide bonds. The van der Waals surface area contributed by atoms with Gasteiger partial charge in [0.25, 0.3) is 0 Å². The van der Waals surface area contributed by atoms with Crippen LogP contribution in [0, 0.1) is 0 Å². The van der Waals surface area contributed by atoms with Crippen molar-refractivity contribution in [2.24, 2.45) is 5.14 Å². The van der Waals surface area contributed by atoms with Crippen LogP contribution in [0.5, 0.6) is 0 Å². The van der Waals surface area contributed by atoms with E-state index in [0.29, 0.717) is 0 Å². The number of primary sulfonamides is 1. The van der Waals surface area contributed by atoms with Gasteiger partial charge in [0, 0.05) is 12.4 Å². The van der Waals surface area contributed by atoms with E-state index < -0.39 is 10.0 Å². The molecule has 0 atom stereocenters. The van der Waals surface area contributed by atoms with Crippen molar-refractivity contribution in [2.45, 2.75) is 0 Å². The molecule has 0 spiro atoms. The first-order valence-corrected chi connectivity index (χ1v) is 5.94. The Morgan fingerprint density at radius 2 is 1.93 bits per heavy atom. The van der Waals surface area contributed by atoms with E-state index in [1.54, 1.807) is 10.8 Å². The Labute approximate surface area is 87.7 Å². The van der Waals surface area contributed by atoms with Crippen LogP contribution < -0.4 is 5.14 Å². The average molecular weight is 222 g/mol. The Kier molecular flexibility index (Phi) is 2.34. The molecule has 0 fully saturated rings. The molecule has 0 saturated heterocycles. The Morgan fingerprint density at radius 1 is 1.20 bits per heavy atom. The molecule has 0 saturated carbocycles. The molecule has 2 N–H and O–H groups in total. The highest BCUT2D eigenvalue weighted by Crippen LogP contribution is 2.15. The number of nitrogens with two attached hydrogens (primary N) is 1. The van der Waals surface area contributed by atoms with Gasteiger partial charge in [-0.15, -0.1) is 0 Å². The molecule has 1 aromatic carbocycles. The lowest BCUT2D eigenvalue weighted by atomic mass is 10.2. The van der Waals surface area contributed by atoms with Crippen molar-refractivity contribution >= 4 is 27.1 Å². The Balaban J connectivity index is 2.50. The van der Waals surface area contributed by atoms with Crippen LogP contribution in [0.3, 0.4) is 0 Å². The highest BCUT2D eigenvalue weighted by atomic mass is 32.2. The molecule has 5 heteroatoms. The summed E-state index contributed by atoms with van der Waals surface area (Å²) < 4.78 is 23.2. The van der Waals surface area contributed by atoms with Crippen molar-refractivity contribution in [2.75, 3.05) is 0 Å². The molecule has 0 aliphatic carbocycles. The molecular formula is C10H10N2O2S. The average Bonchev–Trinajstić information content (AvgIpc) is 2.57. The van der Waals surface area contributed by atoms with Crippen molar-refractivity contribution in [3.63, 3.8) is 0 Å². The van der Waals surface area contributed by atoms with E-state index in [4.69, 9.17) is 5.14 Å². The van der Waals surface area contributed by atoms with Crippen molar-refractivity contribution in [1.82, 2.24) is 4.57 Å². The topological polar surface area (TPSA) is 65.1 Å². The zero-order chi connectivity index (χ0) is 10.9. The predicted molar refractivity (Wildman–Crippen MR) is 60.4 cm³/mol. The Morgan fingerprint density at radius 3 is 2.67 bits per heavy atom. The fraction of sp³-hybridized carbons (Fsp3) is 0. The van der Waals surface area contributed by atoms with Crippen molar-refractivity contribution in [1.29, 1.82) is 0 Å². The number of sulfonamides is 1. The molecule has 0 aliphatic heterocycles. The minimum Gasteiger partial charge on any atom is -0.323 e. The molecule has 78 valence electrons. The second-order valence-corrected chi connectivity index (χ2v) is 4.61. The van der Waals surface area contributed by atoms with Crippen LogP contribution >= 0.6 is 0 Å². The van der Waals surface area contributed by atoms with E-state index in [2.05, 4.69) is 0 Å². The molecule has 0 aliphatic rings. The summed E-state index contributed by atoms with van der Waals surface area (Å²) in [6.07, 6.45) is 3.21. The monoisotopic (exact) mass is 222 g/mol.